The van der Waals surface area contributed by atoms with Crippen LogP contribution in [0.25, 0.3) is 10.9 Å². The molecule has 0 aliphatic heterocycles. The first-order chi connectivity index (χ1) is 10.3. The van der Waals surface area contributed by atoms with Crippen LogP contribution in [0.1, 0.15) is 20.3 Å². The summed E-state index contributed by atoms with van der Waals surface area (Å²) in [5, 5.41) is 4.45. The molecule has 0 saturated carbocycles. The number of rotatable bonds is 9. The van der Waals surface area contributed by atoms with E-state index >= 15 is 0 Å². The van der Waals surface area contributed by atoms with Crippen molar-refractivity contribution in [2.45, 2.75) is 26.4 Å². The predicted molar refractivity (Wildman–Crippen MR) is 85.8 cm³/mol. The Morgan fingerprint density at radius 2 is 2.00 bits per heavy atom. The van der Waals surface area contributed by atoms with Crippen molar-refractivity contribution in [2.24, 2.45) is 0 Å². The average molecular weight is 288 g/mol. The van der Waals surface area contributed by atoms with Crippen LogP contribution >= 0.6 is 0 Å². The highest BCUT2D eigenvalue weighted by molar-refractivity contribution is 5.79. The lowest BCUT2D eigenvalue weighted by Gasteiger charge is -2.09. The van der Waals surface area contributed by atoms with Gasteiger partial charge in [0.15, 0.2) is 0 Å². The second kappa shape index (κ2) is 8.60. The molecule has 0 aliphatic carbocycles. The van der Waals surface area contributed by atoms with Crippen LogP contribution in [0.3, 0.4) is 0 Å². The van der Waals surface area contributed by atoms with Crippen molar-refractivity contribution < 1.29 is 9.47 Å². The summed E-state index contributed by atoms with van der Waals surface area (Å²) < 4.78 is 11.2. The van der Waals surface area contributed by atoms with E-state index in [-0.39, 0.29) is 0 Å². The van der Waals surface area contributed by atoms with Gasteiger partial charge in [-0.05, 0) is 38.9 Å². The molecule has 0 fully saturated rings. The van der Waals surface area contributed by atoms with Gasteiger partial charge in [-0.25, -0.2) is 0 Å². The van der Waals surface area contributed by atoms with Gasteiger partial charge in [0.2, 0.25) is 0 Å². The molecule has 0 aliphatic rings. The summed E-state index contributed by atoms with van der Waals surface area (Å²) in [4.78, 5) is 4.38. The van der Waals surface area contributed by atoms with Gasteiger partial charge in [-0.3, -0.25) is 4.98 Å². The van der Waals surface area contributed by atoms with Gasteiger partial charge in [0.1, 0.15) is 12.4 Å². The monoisotopic (exact) mass is 288 g/mol. The molecule has 1 aromatic carbocycles. The molecule has 0 amide bonds. The van der Waals surface area contributed by atoms with E-state index in [1.807, 2.05) is 30.3 Å². The van der Waals surface area contributed by atoms with Crippen molar-refractivity contribution in [1.29, 1.82) is 0 Å². The first kappa shape index (κ1) is 15.7. The number of aromatic nitrogens is 1. The Morgan fingerprint density at radius 3 is 2.86 bits per heavy atom. The maximum absolute atomic E-state index is 5.70. The number of hydrogen-bond donors (Lipinski definition) is 1. The van der Waals surface area contributed by atoms with Crippen LogP contribution < -0.4 is 10.1 Å². The summed E-state index contributed by atoms with van der Waals surface area (Å²) >= 11 is 0. The first-order valence-electron chi connectivity index (χ1n) is 7.55. The number of benzene rings is 1. The normalized spacial score (nSPS) is 11.2. The fourth-order valence-electron chi connectivity index (χ4n) is 2.01. The predicted octanol–water partition coefficient (Wildman–Crippen LogP) is 3.02. The van der Waals surface area contributed by atoms with Crippen LogP contribution in [-0.2, 0) is 4.74 Å². The van der Waals surface area contributed by atoms with Crippen molar-refractivity contribution in [2.75, 3.05) is 26.3 Å². The van der Waals surface area contributed by atoms with E-state index in [1.54, 1.807) is 6.20 Å². The number of para-hydroxylation sites is 1. The molecule has 0 atom stereocenters. The zero-order chi connectivity index (χ0) is 14.9. The maximum Gasteiger partial charge on any atom is 0.138 e. The van der Waals surface area contributed by atoms with E-state index in [1.165, 1.54) is 0 Å². The standard InChI is InChI=1S/C17H24N2O2/c1-14(2)20-10-5-8-18-9-11-21-16-12-15-6-3-4-7-17(15)19-13-16/h3-4,6-7,12-14,18H,5,8-11H2,1-2H3. The third-order valence-electron chi connectivity index (χ3n) is 3.06. The minimum absolute atomic E-state index is 0.314. The van der Waals surface area contributed by atoms with Crippen LogP contribution in [0.5, 0.6) is 5.75 Å². The van der Waals surface area contributed by atoms with Crippen LogP contribution in [0.15, 0.2) is 36.5 Å². The Morgan fingerprint density at radius 1 is 1.14 bits per heavy atom. The number of nitrogens with one attached hydrogen (secondary N) is 1. The quantitative estimate of drug-likeness (QED) is 0.720. The Balaban J connectivity index is 1.61. The fourth-order valence-corrected chi connectivity index (χ4v) is 2.01. The Hall–Kier alpha value is -1.65. The summed E-state index contributed by atoms with van der Waals surface area (Å²) in [5.41, 5.74) is 0.994. The van der Waals surface area contributed by atoms with E-state index in [2.05, 4.69) is 24.1 Å². The molecule has 4 heteroatoms. The molecule has 0 spiro atoms. The zero-order valence-electron chi connectivity index (χ0n) is 12.8. The van der Waals surface area contributed by atoms with Crippen molar-refractivity contribution in [3.8, 4) is 5.75 Å². The summed E-state index contributed by atoms with van der Waals surface area (Å²) in [6, 6.07) is 10.1. The fraction of sp³-hybridized carbons (Fsp3) is 0.471. The number of nitrogens with zero attached hydrogens (tertiary/aromatic N) is 1. The van der Waals surface area contributed by atoms with Gasteiger partial charge in [-0.1, -0.05) is 18.2 Å². The minimum atomic E-state index is 0.314. The van der Waals surface area contributed by atoms with E-state index in [9.17, 15) is 0 Å². The molecular weight excluding hydrogens is 264 g/mol. The molecule has 2 aromatic rings. The van der Waals surface area contributed by atoms with Gasteiger partial charge in [-0.15, -0.1) is 0 Å². The molecule has 0 unspecified atom stereocenters. The first-order valence-corrected chi connectivity index (χ1v) is 7.55. The van der Waals surface area contributed by atoms with Crippen molar-refractivity contribution in [3.63, 3.8) is 0 Å². The Labute approximate surface area is 126 Å². The SMILES string of the molecule is CC(C)OCCCNCCOc1cnc2ccccc2c1. The number of fused-ring (bicyclic) bond motifs is 1. The van der Waals surface area contributed by atoms with Crippen LogP contribution in [0, 0.1) is 0 Å². The highest BCUT2D eigenvalue weighted by atomic mass is 16.5. The average Bonchev–Trinajstić information content (AvgIpc) is 2.49. The molecule has 21 heavy (non-hydrogen) atoms. The summed E-state index contributed by atoms with van der Waals surface area (Å²) in [6.45, 7) is 7.34. The molecule has 0 radical (unpaired) electrons. The third kappa shape index (κ3) is 5.69. The number of hydrogen-bond acceptors (Lipinski definition) is 4. The van der Waals surface area contributed by atoms with Gasteiger partial charge in [0.05, 0.1) is 17.8 Å². The lowest BCUT2D eigenvalue weighted by Crippen LogP contribution is -2.23. The zero-order valence-corrected chi connectivity index (χ0v) is 12.8. The maximum atomic E-state index is 5.70. The van der Waals surface area contributed by atoms with Gasteiger partial charge in [-0.2, -0.15) is 0 Å². The molecule has 4 nitrogen and oxygen atoms in total. The molecule has 1 heterocycles. The van der Waals surface area contributed by atoms with E-state index < -0.39 is 0 Å². The van der Waals surface area contributed by atoms with E-state index in [0.29, 0.717) is 12.7 Å². The second-order valence-corrected chi connectivity index (χ2v) is 5.24. The van der Waals surface area contributed by atoms with Crippen molar-refractivity contribution in [1.82, 2.24) is 10.3 Å². The van der Waals surface area contributed by atoms with Crippen LogP contribution in [-0.4, -0.2) is 37.4 Å². The lowest BCUT2D eigenvalue weighted by molar-refractivity contribution is 0.0770. The highest BCUT2D eigenvalue weighted by Crippen LogP contribution is 2.17. The van der Waals surface area contributed by atoms with Gasteiger partial charge < -0.3 is 14.8 Å². The lowest BCUT2D eigenvalue weighted by atomic mass is 10.2. The molecule has 1 aromatic heterocycles. The summed E-state index contributed by atoms with van der Waals surface area (Å²) in [7, 11) is 0. The molecule has 0 bridgehead atoms. The molecule has 114 valence electrons. The van der Waals surface area contributed by atoms with Gasteiger partial charge in [0, 0.05) is 18.5 Å². The van der Waals surface area contributed by atoms with Gasteiger partial charge >= 0.3 is 0 Å². The van der Waals surface area contributed by atoms with Crippen LogP contribution in [0.2, 0.25) is 0 Å². The summed E-state index contributed by atoms with van der Waals surface area (Å²) in [5.74, 6) is 0.818. The topological polar surface area (TPSA) is 43.4 Å². The highest BCUT2D eigenvalue weighted by Gasteiger charge is 1.98. The molecule has 2 rings (SSSR count). The molecule has 1 N–H and O–H groups in total. The largest absolute Gasteiger partial charge is 0.491 e. The van der Waals surface area contributed by atoms with Crippen molar-refractivity contribution in [3.05, 3.63) is 36.5 Å². The molecular formula is C17H24N2O2. The Kier molecular flexibility index (Phi) is 6.44. The van der Waals surface area contributed by atoms with E-state index in [4.69, 9.17) is 9.47 Å². The summed E-state index contributed by atoms with van der Waals surface area (Å²) in [6.07, 6.45) is 3.11. The molecule has 0 saturated heterocycles. The minimum Gasteiger partial charge on any atom is -0.491 e. The number of ether oxygens (including phenoxy) is 2. The van der Waals surface area contributed by atoms with Crippen molar-refractivity contribution >= 4 is 10.9 Å². The van der Waals surface area contributed by atoms with E-state index in [0.717, 1.165) is 42.8 Å². The smallest absolute Gasteiger partial charge is 0.138 e. The second-order valence-electron chi connectivity index (χ2n) is 5.24. The van der Waals surface area contributed by atoms with Crippen LogP contribution in [0.4, 0.5) is 0 Å². The number of pyridine rings is 1. The third-order valence-corrected chi connectivity index (χ3v) is 3.06. The van der Waals surface area contributed by atoms with Gasteiger partial charge in [0.25, 0.3) is 0 Å². The Bertz CT molecular complexity index is 543.